The van der Waals surface area contributed by atoms with E-state index < -0.39 is 0 Å². The van der Waals surface area contributed by atoms with Gasteiger partial charge >= 0.3 is 0 Å². The van der Waals surface area contributed by atoms with Gasteiger partial charge < -0.3 is 14.9 Å². The Bertz CT molecular complexity index is 522. The summed E-state index contributed by atoms with van der Waals surface area (Å²) < 4.78 is 0. The largest absolute Gasteiger partial charge is 0.507 e. The van der Waals surface area contributed by atoms with Gasteiger partial charge in [0.1, 0.15) is 5.75 Å². The maximum atomic E-state index is 12.2. The Morgan fingerprint density at radius 3 is 2.55 bits per heavy atom. The molecule has 1 aromatic carbocycles. The van der Waals surface area contributed by atoms with Gasteiger partial charge in [0.05, 0.1) is 12.1 Å². The van der Waals surface area contributed by atoms with Crippen LogP contribution in [0.4, 0.5) is 0 Å². The molecule has 1 N–H and O–H groups in total. The van der Waals surface area contributed by atoms with Gasteiger partial charge in [0.2, 0.25) is 5.91 Å². The number of rotatable bonds is 3. The second-order valence-corrected chi connectivity index (χ2v) is 5.27. The number of aryl methyl sites for hydroxylation is 1. The number of likely N-dealkylation sites (N-methyl/N-ethyl adjacent to an activating group) is 1. The summed E-state index contributed by atoms with van der Waals surface area (Å²) in [6, 6.07) is 4.90. The number of hydrogen-bond donors (Lipinski definition) is 1. The minimum Gasteiger partial charge on any atom is -0.507 e. The monoisotopic (exact) mass is 276 g/mol. The number of carbonyl (C=O) groups is 2. The number of phenols is 1. The third-order valence-corrected chi connectivity index (χ3v) is 3.56. The average Bonchev–Trinajstić information content (AvgIpc) is 2.91. The summed E-state index contributed by atoms with van der Waals surface area (Å²) in [5.41, 5.74) is 1.11. The van der Waals surface area contributed by atoms with Gasteiger partial charge in [0.15, 0.2) is 0 Å². The molecule has 1 aliphatic heterocycles. The lowest BCUT2D eigenvalue weighted by molar-refractivity contribution is -0.130. The quantitative estimate of drug-likeness (QED) is 0.907. The molecule has 0 unspecified atom stereocenters. The zero-order chi connectivity index (χ0) is 14.7. The molecule has 0 bridgehead atoms. The van der Waals surface area contributed by atoms with E-state index in [2.05, 4.69) is 0 Å². The predicted molar refractivity (Wildman–Crippen MR) is 75.6 cm³/mol. The molecule has 0 aliphatic carbocycles. The second-order valence-electron chi connectivity index (χ2n) is 5.27. The van der Waals surface area contributed by atoms with E-state index in [1.54, 1.807) is 30.1 Å². The number of carbonyl (C=O) groups excluding carboxylic acids is 2. The van der Waals surface area contributed by atoms with Crippen molar-refractivity contribution in [1.29, 1.82) is 0 Å². The van der Waals surface area contributed by atoms with Crippen LogP contribution in [-0.4, -0.2) is 53.4 Å². The summed E-state index contributed by atoms with van der Waals surface area (Å²) in [7, 11) is 1.58. The fourth-order valence-corrected chi connectivity index (χ4v) is 2.37. The van der Waals surface area contributed by atoms with Crippen molar-refractivity contribution >= 4 is 11.8 Å². The molecule has 1 heterocycles. The fraction of sp³-hybridized carbons (Fsp3) is 0.467. The smallest absolute Gasteiger partial charge is 0.257 e. The molecule has 1 saturated heterocycles. The lowest BCUT2D eigenvalue weighted by Gasteiger charge is -2.21. The predicted octanol–water partition coefficient (Wildman–Crippen LogP) is 1.40. The molecule has 108 valence electrons. The topological polar surface area (TPSA) is 60.9 Å². The van der Waals surface area contributed by atoms with Crippen molar-refractivity contribution in [2.75, 3.05) is 26.7 Å². The van der Waals surface area contributed by atoms with Crippen molar-refractivity contribution in [2.24, 2.45) is 0 Å². The van der Waals surface area contributed by atoms with E-state index in [-0.39, 0.29) is 29.7 Å². The van der Waals surface area contributed by atoms with Crippen LogP contribution in [0, 0.1) is 6.92 Å². The number of nitrogens with zero attached hydrogens (tertiary/aromatic N) is 2. The minimum atomic E-state index is -0.338. The first kappa shape index (κ1) is 14.4. The Kier molecular flexibility index (Phi) is 4.27. The first-order valence-electron chi connectivity index (χ1n) is 6.82. The van der Waals surface area contributed by atoms with E-state index in [4.69, 9.17) is 0 Å². The van der Waals surface area contributed by atoms with Crippen molar-refractivity contribution < 1.29 is 14.7 Å². The lowest BCUT2D eigenvalue weighted by atomic mass is 10.1. The Morgan fingerprint density at radius 1 is 1.30 bits per heavy atom. The normalized spacial score (nSPS) is 14.4. The highest BCUT2D eigenvalue weighted by molar-refractivity contribution is 5.98. The van der Waals surface area contributed by atoms with Crippen LogP contribution < -0.4 is 0 Å². The highest BCUT2D eigenvalue weighted by Crippen LogP contribution is 2.20. The molecule has 1 aromatic rings. The number of benzene rings is 1. The highest BCUT2D eigenvalue weighted by atomic mass is 16.3. The summed E-state index contributed by atoms with van der Waals surface area (Å²) >= 11 is 0. The van der Waals surface area contributed by atoms with E-state index in [1.807, 2.05) is 6.92 Å². The van der Waals surface area contributed by atoms with Crippen LogP contribution in [0.3, 0.4) is 0 Å². The molecule has 1 fully saturated rings. The molecule has 1 aliphatic rings. The van der Waals surface area contributed by atoms with Gasteiger partial charge in [0.25, 0.3) is 5.91 Å². The van der Waals surface area contributed by atoms with E-state index >= 15 is 0 Å². The molecular formula is C15H20N2O3. The van der Waals surface area contributed by atoms with Crippen LogP contribution in [0.15, 0.2) is 18.2 Å². The second kappa shape index (κ2) is 5.94. The molecule has 0 radical (unpaired) electrons. The number of aromatic hydroxyl groups is 1. The van der Waals surface area contributed by atoms with Crippen LogP contribution in [0.1, 0.15) is 28.8 Å². The van der Waals surface area contributed by atoms with Gasteiger partial charge in [-0.3, -0.25) is 9.59 Å². The van der Waals surface area contributed by atoms with E-state index in [0.717, 1.165) is 31.5 Å². The third kappa shape index (κ3) is 3.10. The molecule has 0 atom stereocenters. The van der Waals surface area contributed by atoms with Gasteiger partial charge in [-0.15, -0.1) is 0 Å². The molecule has 5 nitrogen and oxygen atoms in total. The molecule has 0 saturated carbocycles. The average molecular weight is 276 g/mol. The Hall–Kier alpha value is -2.04. The van der Waals surface area contributed by atoms with Gasteiger partial charge in [-0.05, 0) is 37.5 Å². The maximum Gasteiger partial charge on any atom is 0.257 e. The number of amides is 2. The van der Waals surface area contributed by atoms with Crippen LogP contribution in [0.2, 0.25) is 0 Å². The Morgan fingerprint density at radius 2 is 1.95 bits per heavy atom. The maximum absolute atomic E-state index is 12.2. The molecule has 5 heteroatoms. The molecule has 20 heavy (non-hydrogen) atoms. The molecule has 2 amide bonds. The first-order valence-corrected chi connectivity index (χ1v) is 6.82. The van der Waals surface area contributed by atoms with Crippen molar-refractivity contribution in [1.82, 2.24) is 9.80 Å². The van der Waals surface area contributed by atoms with Gasteiger partial charge in [0, 0.05) is 20.1 Å². The third-order valence-electron chi connectivity index (χ3n) is 3.56. The zero-order valence-corrected chi connectivity index (χ0v) is 11.9. The molecule has 2 rings (SSSR count). The van der Waals surface area contributed by atoms with Gasteiger partial charge in [-0.25, -0.2) is 0 Å². The van der Waals surface area contributed by atoms with Crippen LogP contribution in [0.25, 0.3) is 0 Å². The number of hydrogen-bond acceptors (Lipinski definition) is 3. The number of likely N-dealkylation sites (tertiary alicyclic amines) is 1. The summed E-state index contributed by atoms with van der Waals surface area (Å²) in [6.45, 7) is 3.44. The van der Waals surface area contributed by atoms with Crippen molar-refractivity contribution in [3.8, 4) is 5.75 Å². The lowest BCUT2D eigenvalue weighted by Crippen LogP contribution is -2.39. The van der Waals surface area contributed by atoms with E-state index in [0.29, 0.717) is 0 Å². The summed E-state index contributed by atoms with van der Waals surface area (Å²) in [5.74, 6) is -0.421. The van der Waals surface area contributed by atoms with Crippen LogP contribution in [0.5, 0.6) is 5.75 Å². The van der Waals surface area contributed by atoms with Gasteiger partial charge in [-0.2, -0.15) is 0 Å². The first-order chi connectivity index (χ1) is 9.49. The molecule has 0 spiro atoms. The molecular weight excluding hydrogens is 256 g/mol. The zero-order valence-electron chi connectivity index (χ0n) is 11.9. The van der Waals surface area contributed by atoms with E-state index in [1.165, 1.54) is 4.90 Å². The van der Waals surface area contributed by atoms with Crippen molar-refractivity contribution in [3.63, 3.8) is 0 Å². The van der Waals surface area contributed by atoms with Gasteiger partial charge in [-0.1, -0.05) is 6.07 Å². The van der Waals surface area contributed by atoms with Crippen molar-refractivity contribution in [2.45, 2.75) is 19.8 Å². The molecule has 0 aromatic heterocycles. The van der Waals surface area contributed by atoms with Crippen molar-refractivity contribution in [3.05, 3.63) is 29.3 Å². The van der Waals surface area contributed by atoms with E-state index in [9.17, 15) is 14.7 Å². The van der Waals surface area contributed by atoms with Crippen LogP contribution in [-0.2, 0) is 4.79 Å². The fourth-order valence-electron chi connectivity index (χ4n) is 2.37. The Labute approximate surface area is 118 Å². The summed E-state index contributed by atoms with van der Waals surface area (Å²) in [4.78, 5) is 27.4. The summed E-state index contributed by atoms with van der Waals surface area (Å²) in [6.07, 6.45) is 2.06. The standard InChI is InChI=1S/C15H20N2O3/c1-11-5-6-12(13(18)9-11)15(20)16(2)10-14(19)17-7-3-4-8-17/h5-6,9,18H,3-4,7-8,10H2,1-2H3. The Balaban J connectivity index is 2.02. The number of phenolic OH excluding ortho intramolecular Hbond substituents is 1. The SMILES string of the molecule is Cc1ccc(C(=O)N(C)CC(=O)N2CCCC2)c(O)c1. The van der Waals surface area contributed by atoms with Crippen LogP contribution >= 0.6 is 0 Å². The summed E-state index contributed by atoms with van der Waals surface area (Å²) in [5, 5.41) is 9.81. The minimum absolute atomic E-state index is 0.0371. The highest BCUT2D eigenvalue weighted by Gasteiger charge is 2.22.